The Bertz CT molecular complexity index is 293. The smallest absolute Gasteiger partial charge is 0.281 e. The molecule has 15 heavy (non-hydrogen) atoms. The Morgan fingerprint density at radius 1 is 1.20 bits per heavy atom. The van der Waals surface area contributed by atoms with Crippen LogP contribution in [-0.4, -0.2) is 50.8 Å². The first-order valence-corrected chi connectivity index (χ1v) is 6.28. The molecule has 0 aliphatic carbocycles. The second-order valence-electron chi connectivity index (χ2n) is 5.04. The van der Waals surface area contributed by atoms with Gasteiger partial charge >= 0.3 is 0 Å². The molecule has 0 rings (SSSR count). The summed E-state index contributed by atoms with van der Waals surface area (Å²) in [6.07, 6.45) is 0. The van der Waals surface area contributed by atoms with Gasteiger partial charge in [-0.25, -0.2) is 0 Å². The molecule has 92 valence electrons. The third-order valence-electron chi connectivity index (χ3n) is 2.42. The molecular weight excluding hydrogens is 214 g/mol. The molecule has 0 radical (unpaired) electrons. The molecule has 0 aliphatic rings. The monoisotopic (exact) mass is 237 g/mol. The Balaban J connectivity index is 4.59. The van der Waals surface area contributed by atoms with Crippen molar-refractivity contribution in [3.05, 3.63) is 0 Å². The van der Waals surface area contributed by atoms with Gasteiger partial charge in [0.2, 0.25) is 0 Å². The fourth-order valence-electron chi connectivity index (χ4n) is 0.924. The first kappa shape index (κ1) is 14.8. The Hall–Kier alpha value is -0.170. The largest absolute Gasteiger partial charge is 0.326 e. The van der Waals surface area contributed by atoms with Crippen molar-refractivity contribution in [2.24, 2.45) is 11.1 Å². The van der Waals surface area contributed by atoms with Crippen molar-refractivity contribution in [1.29, 1.82) is 0 Å². The van der Waals surface area contributed by atoms with Crippen molar-refractivity contribution in [3.8, 4) is 0 Å². The number of likely N-dealkylation sites (N-methyl/N-ethyl adjacent to an activating group) is 1. The highest BCUT2D eigenvalue weighted by Crippen LogP contribution is 2.18. The van der Waals surface area contributed by atoms with Crippen LogP contribution in [0.25, 0.3) is 0 Å². The lowest BCUT2D eigenvalue weighted by molar-refractivity contribution is 0.274. The van der Waals surface area contributed by atoms with E-state index >= 15 is 0 Å². The Labute approximate surface area is 93.4 Å². The zero-order valence-corrected chi connectivity index (χ0v) is 11.3. The fourth-order valence-corrected chi connectivity index (χ4v) is 1.83. The molecule has 0 amide bonds. The fraction of sp³-hybridized carbons (Fsp3) is 1.00. The number of nitrogens with two attached hydrogens (primary N) is 1. The van der Waals surface area contributed by atoms with Crippen LogP contribution in [0.15, 0.2) is 0 Å². The third kappa shape index (κ3) is 4.06. The number of rotatable bonds is 4. The maximum atomic E-state index is 11.7. The summed E-state index contributed by atoms with van der Waals surface area (Å²) in [5.74, 6) is 0. The average Bonchev–Trinajstić information content (AvgIpc) is 2.01. The van der Waals surface area contributed by atoms with Crippen LogP contribution in [0.3, 0.4) is 0 Å². The number of nitrogens with zero attached hydrogens (tertiary/aromatic N) is 2. The van der Waals surface area contributed by atoms with Crippen molar-refractivity contribution < 1.29 is 8.42 Å². The molecule has 0 aromatic carbocycles. The van der Waals surface area contributed by atoms with E-state index in [-0.39, 0.29) is 11.5 Å². The van der Waals surface area contributed by atoms with Gasteiger partial charge < -0.3 is 5.73 Å². The minimum atomic E-state index is -3.35. The average molecular weight is 237 g/mol. The molecule has 1 atom stereocenters. The van der Waals surface area contributed by atoms with Crippen LogP contribution in [0.1, 0.15) is 20.8 Å². The summed E-state index contributed by atoms with van der Waals surface area (Å²) in [6.45, 7) is 6.30. The standard InChI is InChI=1S/C9H23N3O2S/c1-9(2,3)8(10)7-12(6)15(13,14)11(4)5/h8H,7,10H2,1-6H3/t8-/m1/s1. The van der Waals surface area contributed by atoms with Crippen LogP contribution >= 0.6 is 0 Å². The van der Waals surface area contributed by atoms with Crippen molar-refractivity contribution >= 4 is 10.2 Å². The topological polar surface area (TPSA) is 66.6 Å². The van der Waals surface area contributed by atoms with Crippen LogP contribution in [0.4, 0.5) is 0 Å². The van der Waals surface area contributed by atoms with Gasteiger partial charge in [0.1, 0.15) is 0 Å². The highest BCUT2D eigenvalue weighted by Gasteiger charge is 2.27. The van der Waals surface area contributed by atoms with Crippen LogP contribution < -0.4 is 5.73 Å². The molecule has 2 N–H and O–H groups in total. The van der Waals surface area contributed by atoms with Gasteiger partial charge in [0.05, 0.1) is 0 Å². The Kier molecular flexibility index (Phi) is 4.72. The number of hydrogen-bond acceptors (Lipinski definition) is 3. The summed E-state index contributed by atoms with van der Waals surface area (Å²) in [7, 11) is 1.21. The van der Waals surface area contributed by atoms with E-state index in [2.05, 4.69) is 0 Å². The summed E-state index contributed by atoms with van der Waals surface area (Å²) in [5, 5.41) is 0. The molecule has 5 nitrogen and oxygen atoms in total. The Morgan fingerprint density at radius 3 is 1.87 bits per heavy atom. The predicted molar refractivity (Wildman–Crippen MR) is 62.7 cm³/mol. The van der Waals surface area contributed by atoms with E-state index in [0.717, 1.165) is 0 Å². The van der Waals surface area contributed by atoms with E-state index in [1.54, 1.807) is 7.05 Å². The lowest BCUT2D eigenvalue weighted by Gasteiger charge is -2.31. The molecule has 0 spiro atoms. The quantitative estimate of drug-likeness (QED) is 0.754. The van der Waals surface area contributed by atoms with Gasteiger partial charge in [-0.3, -0.25) is 0 Å². The number of hydrogen-bond donors (Lipinski definition) is 1. The molecule has 0 saturated heterocycles. The highest BCUT2D eigenvalue weighted by atomic mass is 32.2. The summed E-state index contributed by atoms with van der Waals surface area (Å²) >= 11 is 0. The van der Waals surface area contributed by atoms with Gasteiger partial charge in [-0.1, -0.05) is 20.8 Å². The minimum Gasteiger partial charge on any atom is -0.326 e. The van der Waals surface area contributed by atoms with E-state index in [9.17, 15) is 8.42 Å². The SMILES string of the molecule is CN(C)S(=O)(=O)N(C)C[C@@H](N)C(C)(C)C. The van der Waals surface area contributed by atoms with E-state index in [1.807, 2.05) is 20.8 Å². The molecule has 0 aromatic rings. The van der Waals surface area contributed by atoms with Gasteiger partial charge in [-0.05, 0) is 5.41 Å². The van der Waals surface area contributed by atoms with E-state index in [4.69, 9.17) is 5.73 Å². The van der Waals surface area contributed by atoms with Gasteiger partial charge in [-0.2, -0.15) is 17.0 Å². The van der Waals surface area contributed by atoms with Gasteiger partial charge in [0, 0.05) is 33.7 Å². The highest BCUT2D eigenvalue weighted by molar-refractivity contribution is 7.86. The van der Waals surface area contributed by atoms with Gasteiger partial charge in [0.25, 0.3) is 10.2 Å². The molecule has 0 saturated carbocycles. The predicted octanol–water partition coefficient (Wildman–Crippen LogP) is 0.0980. The summed E-state index contributed by atoms with van der Waals surface area (Å²) in [5.41, 5.74) is 5.82. The van der Waals surface area contributed by atoms with Crippen molar-refractivity contribution in [3.63, 3.8) is 0 Å². The van der Waals surface area contributed by atoms with Crippen LogP contribution in [0.2, 0.25) is 0 Å². The summed E-state index contributed by atoms with van der Waals surface area (Å²) in [4.78, 5) is 0. The molecule has 0 unspecified atom stereocenters. The van der Waals surface area contributed by atoms with E-state index in [1.165, 1.54) is 22.7 Å². The molecular formula is C9H23N3O2S. The van der Waals surface area contributed by atoms with Gasteiger partial charge in [0.15, 0.2) is 0 Å². The molecule has 0 fully saturated rings. The molecule has 0 aliphatic heterocycles. The van der Waals surface area contributed by atoms with Crippen molar-refractivity contribution in [1.82, 2.24) is 8.61 Å². The van der Waals surface area contributed by atoms with Crippen LogP contribution in [-0.2, 0) is 10.2 Å². The zero-order chi connectivity index (χ0) is 12.4. The van der Waals surface area contributed by atoms with Gasteiger partial charge in [-0.15, -0.1) is 0 Å². The maximum absolute atomic E-state index is 11.7. The molecule has 0 bridgehead atoms. The van der Waals surface area contributed by atoms with Crippen LogP contribution in [0.5, 0.6) is 0 Å². The van der Waals surface area contributed by atoms with Crippen molar-refractivity contribution in [2.45, 2.75) is 26.8 Å². The summed E-state index contributed by atoms with van der Waals surface area (Å²) < 4.78 is 25.8. The Morgan fingerprint density at radius 2 is 1.60 bits per heavy atom. The lowest BCUT2D eigenvalue weighted by Crippen LogP contribution is -2.48. The summed E-state index contributed by atoms with van der Waals surface area (Å²) in [6, 6.07) is -0.183. The zero-order valence-electron chi connectivity index (χ0n) is 10.5. The molecule has 0 heterocycles. The first-order chi connectivity index (χ1) is 6.49. The third-order valence-corrected chi connectivity index (χ3v) is 4.28. The van der Waals surface area contributed by atoms with Crippen molar-refractivity contribution in [2.75, 3.05) is 27.7 Å². The van der Waals surface area contributed by atoms with E-state index in [0.29, 0.717) is 6.54 Å². The first-order valence-electron chi connectivity index (χ1n) is 4.89. The van der Waals surface area contributed by atoms with Crippen LogP contribution in [0, 0.1) is 5.41 Å². The van der Waals surface area contributed by atoms with E-state index < -0.39 is 10.2 Å². The normalized spacial score (nSPS) is 16.1. The molecule has 6 heteroatoms. The second kappa shape index (κ2) is 4.78. The lowest BCUT2D eigenvalue weighted by atomic mass is 9.87. The molecule has 0 aromatic heterocycles. The maximum Gasteiger partial charge on any atom is 0.281 e. The minimum absolute atomic E-state index is 0.101. The second-order valence-corrected chi connectivity index (χ2v) is 7.29.